The average molecular weight is 349 g/mol. The van der Waals surface area contributed by atoms with Crippen LogP contribution in [0.15, 0.2) is 30.3 Å². The minimum absolute atomic E-state index is 0.0303. The topological polar surface area (TPSA) is 24.1 Å². The van der Waals surface area contributed by atoms with Crippen molar-refractivity contribution in [2.45, 2.75) is 45.8 Å². The van der Waals surface area contributed by atoms with Crippen LogP contribution in [0.4, 0.5) is 5.69 Å². The van der Waals surface area contributed by atoms with Crippen LogP contribution < -0.4 is 10.6 Å². The van der Waals surface area contributed by atoms with Gasteiger partial charge in [0.1, 0.15) is 6.17 Å². The van der Waals surface area contributed by atoms with Gasteiger partial charge in [-0.3, -0.25) is 5.32 Å². The predicted octanol–water partition coefficient (Wildman–Crippen LogP) is 5.65. The summed E-state index contributed by atoms with van der Waals surface area (Å²) in [6, 6.07) is 10.2. The molecule has 2 aromatic carbocycles. The van der Waals surface area contributed by atoms with Crippen LogP contribution in [0.5, 0.6) is 0 Å². The summed E-state index contributed by atoms with van der Waals surface area (Å²) in [5.74, 6) is 0. The summed E-state index contributed by atoms with van der Waals surface area (Å²) in [4.78, 5) is 0. The van der Waals surface area contributed by atoms with Gasteiger partial charge < -0.3 is 5.32 Å². The summed E-state index contributed by atoms with van der Waals surface area (Å²) in [7, 11) is 0. The smallest absolute Gasteiger partial charge is 0.104 e. The highest BCUT2D eigenvalue weighted by molar-refractivity contribution is 6.42. The largest absolute Gasteiger partial charge is 0.366 e. The second kappa shape index (κ2) is 6.01. The first-order chi connectivity index (χ1) is 10.7. The normalized spacial score (nSPS) is 19.3. The molecule has 2 aromatic rings. The van der Waals surface area contributed by atoms with Crippen molar-refractivity contribution < 1.29 is 0 Å². The zero-order valence-electron chi connectivity index (χ0n) is 13.9. The Balaban J connectivity index is 1.98. The third kappa shape index (κ3) is 3.50. The van der Waals surface area contributed by atoms with Crippen LogP contribution in [0, 0.1) is 13.8 Å². The van der Waals surface area contributed by atoms with Crippen molar-refractivity contribution in [2.75, 3.05) is 5.32 Å². The zero-order chi connectivity index (χ0) is 16.8. The Morgan fingerprint density at radius 2 is 1.74 bits per heavy atom. The Labute approximate surface area is 148 Å². The summed E-state index contributed by atoms with van der Waals surface area (Å²) < 4.78 is 0. The van der Waals surface area contributed by atoms with Gasteiger partial charge in [0.15, 0.2) is 0 Å². The van der Waals surface area contributed by atoms with Gasteiger partial charge in [0.05, 0.1) is 10.0 Å². The van der Waals surface area contributed by atoms with Crippen LogP contribution in [-0.2, 0) is 6.42 Å². The van der Waals surface area contributed by atoms with Gasteiger partial charge >= 0.3 is 0 Å². The third-order valence-corrected chi connectivity index (χ3v) is 5.20. The van der Waals surface area contributed by atoms with Crippen molar-refractivity contribution in [2.24, 2.45) is 0 Å². The molecule has 122 valence electrons. The summed E-state index contributed by atoms with van der Waals surface area (Å²) in [6.07, 6.45) is 1.06. The van der Waals surface area contributed by atoms with Crippen LogP contribution in [-0.4, -0.2) is 5.54 Å². The maximum Gasteiger partial charge on any atom is 0.104 e. The van der Waals surface area contributed by atoms with Gasteiger partial charge in [0.25, 0.3) is 0 Å². The molecular formula is C19H22Cl2N2. The lowest BCUT2D eigenvalue weighted by Gasteiger charge is -2.40. The van der Waals surface area contributed by atoms with Gasteiger partial charge in [0.2, 0.25) is 0 Å². The van der Waals surface area contributed by atoms with Crippen LogP contribution in [0.3, 0.4) is 0 Å². The number of benzene rings is 2. The number of halogens is 2. The van der Waals surface area contributed by atoms with Crippen LogP contribution >= 0.6 is 23.2 Å². The van der Waals surface area contributed by atoms with E-state index >= 15 is 0 Å². The van der Waals surface area contributed by atoms with Gasteiger partial charge in [-0.15, -0.1) is 0 Å². The van der Waals surface area contributed by atoms with E-state index in [-0.39, 0.29) is 11.7 Å². The average Bonchev–Trinajstić information content (AvgIpc) is 2.44. The number of hydrogen-bond donors (Lipinski definition) is 2. The first-order valence-electron chi connectivity index (χ1n) is 7.84. The number of rotatable bonds is 2. The van der Waals surface area contributed by atoms with E-state index in [4.69, 9.17) is 23.2 Å². The summed E-state index contributed by atoms with van der Waals surface area (Å²) in [5, 5.41) is 8.38. The molecule has 0 bridgehead atoms. The fourth-order valence-corrected chi connectivity index (χ4v) is 3.48. The second-order valence-corrected chi connectivity index (χ2v) is 7.86. The van der Waals surface area contributed by atoms with Crippen LogP contribution in [0.2, 0.25) is 10.0 Å². The second-order valence-electron chi connectivity index (χ2n) is 7.05. The highest BCUT2D eigenvalue weighted by Gasteiger charge is 2.31. The summed E-state index contributed by atoms with van der Waals surface area (Å²) in [6.45, 7) is 8.79. The van der Waals surface area contributed by atoms with E-state index in [1.54, 1.807) is 0 Å². The SMILES string of the molecule is Cc1cc2c(cc1C)[C@@H](Nc1ccc(Cl)c(Cl)c1)NC(C)(C)C2. The van der Waals surface area contributed by atoms with Gasteiger partial charge in [-0.05, 0) is 74.6 Å². The van der Waals surface area contributed by atoms with E-state index in [2.05, 4.69) is 50.5 Å². The first kappa shape index (κ1) is 16.6. The first-order valence-corrected chi connectivity index (χ1v) is 8.60. The van der Waals surface area contributed by atoms with E-state index in [1.807, 2.05) is 18.2 Å². The predicted molar refractivity (Wildman–Crippen MR) is 99.7 cm³/mol. The monoisotopic (exact) mass is 348 g/mol. The molecule has 3 rings (SSSR count). The fourth-order valence-electron chi connectivity index (χ4n) is 3.18. The number of fused-ring (bicyclic) bond motifs is 1. The van der Waals surface area contributed by atoms with Crippen molar-refractivity contribution >= 4 is 28.9 Å². The van der Waals surface area contributed by atoms with Crippen LogP contribution in [0.25, 0.3) is 0 Å². The van der Waals surface area contributed by atoms with Crippen molar-refractivity contribution in [3.05, 3.63) is 62.6 Å². The zero-order valence-corrected chi connectivity index (χ0v) is 15.4. The van der Waals surface area contributed by atoms with Gasteiger partial charge in [-0.2, -0.15) is 0 Å². The van der Waals surface area contributed by atoms with Crippen molar-refractivity contribution in [3.63, 3.8) is 0 Å². The Morgan fingerprint density at radius 3 is 2.43 bits per heavy atom. The van der Waals surface area contributed by atoms with Gasteiger partial charge in [-0.25, -0.2) is 0 Å². The molecule has 1 aliphatic rings. The van der Waals surface area contributed by atoms with E-state index in [9.17, 15) is 0 Å². The number of aryl methyl sites for hydroxylation is 2. The Hall–Kier alpha value is -1.22. The molecule has 0 aromatic heterocycles. The Bertz CT molecular complexity index is 753. The summed E-state index contributed by atoms with van der Waals surface area (Å²) >= 11 is 12.2. The van der Waals surface area contributed by atoms with Crippen molar-refractivity contribution in [1.29, 1.82) is 0 Å². The number of anilines is 1. The molecule has 0 unspecified atom stereocenters. The number of nitrogens with one attached hydrogen (secondary N) is 2. The molecule has 1 atom stereocenters. The van der Waals surface area contributed by atoms with E-state index in [1.165, 1.54) is 22.3 Å². The molecule has 23 heavy (non-hydrogen) atoms. The summed E-state index contributed by atoms with van der Waals surface area (Å²) in [5.41, 5.74) is 6.34. The maximum absolute atomic E-state index is 6.14. The Kier molecular flexibility index (Phi) is 4.35. The molecule has 0 fully saturated rings. The molecule has 0 radical (unpaired) electrons. The molecule has 1 aliphatic heterocycles. The fraction of sp³-hybridized carbons (Fsp3) is 0.368. The molecule has 0 saturated carbocycles. The van der Waals surface area contributed by atoms with Gasteiger partial charge in [-0.1, -0.05) is 35.3 Å². The number of hydrogen-bond acceptors (Lipinski definition) is 2. The molecule has 1 heterocycles. The molecule has 4 heteroatoms. The standard InChI is InChI=1S/C19H22Cl2N2/c1-11-7-13-10-19(3,4)23-18(15(13)8-12(11)2)22-14-5-6-16(20)17(21)9-14/h5-9,18,22-23H,10H2,1-4H3/t18-/m0/s1. The van der Waals surface area contributed by atoms with E-state index in [0.717, 1.165) is 12.1 Å². The van der Waals surface area contributed by atoms with E-state index in [0.29, 0.717) is 10.0 Å². The van der Waals surface area contributed by atoms with Crippen LogP contribution in [0.1, 0.15) is 42.3 Å². The molecule has 0 aliphatic carbocycles. The quantitative estimate of drug-likeness (QED) is 0.733. The lowest BCUT2D eigenvalue weighted by atomic mass is 9.84. The Morgan fingerprint density at radius 1 is 1.04 bits per heavy atom. The third-order valence-electron chi connectivity index (χ3n) is 4.46. The highest BCUT2D eigenvalue weighted by atomic mass is 35.5. The lowest BCUT2D eigenvalue weighted by Crippen LogP contribution is -2.49. The van der Waals surface area contributed by atoms with E-state index < -0.39 is 0 Å². The minimum atomic E-state index is 0.0303. The molecule has 2 nitrogen and oxygen atoms in total. The molecule has 0 spiro atoms. The maximum atomic E-state index is 6.14. The minimum Gasteiger partial charge on any atom is -0.366 e. The molecular weight excluding hydrogens is 327 g/mol. The van der Waals surface area contributed by atoms with Crippen molar-refractivity contribution in [3.8, 4) is 0 Å². The lowest BCUT2D eigenvalue weighted by molar-refractivity contribution is 0.326. The van der Waals surface area contributed by atoms with Gasteiger partial charge in [0, 0.05) is 11.2 Å². The molecule has 2 N–H and O–H groups in total. The van der Waals surface area contributed by atoms with Crippen molar-refractivity contribution in [1.82, 2.24) is 5.32 Å². The highest BCUT2D eigenvalue weighted by Crippen LogP contribution is 2.34. The molecule has 0 amide bonds. The molecule has 0 saturated heterocycles.